The lowest BCUT2D eigenvalue weighted by atomic mass is 9.87. The van der Waals surface area contributed by atoms with Gasteiger partial charge < -0.3 is 30.6 Å². The Kier molecular flexibility index (Phi) is 5.72. The van der Waals surface area contributed by atoms with Crippen LogP contribution < -0.4 is 20.9 Å². The molecule has 0 spiro atoms. The monoisotopic (exact) mass is 496 g/mol. The second-order valence-electron chi connectivity index (χ2n) is 9.27. The number of hydrazine groups is 1. The molecule has 11 heteroatoms. The van der Waals surface area contributed by atoms with Gasteiger partial charge in [0.2, 0.25) is 5.91 Å². The first-order valence-corrected chi connectivity index (χ1v) is 12.8. The van der Waals surface area contributed by atoms with E-state index < -0.39 is 12.2 Å². The van der Waals surface area contributed by atoms with Crippen LogP contribution in [0.25, 0.3) is 10.2 Å². The second-order valence-corrected chi connectivity index (χ2v) is 10.3. The van der Waals surface area contributed by atoms with Crippen LogP contribution in [0, 0.1) is 5.92 Å². The van der Waals surface area contributed by atoms with Gasteiger partial charge in [0, 0.05) is 36.5 Å². The Morgan fingerprint density at radius 3 is 2.91 bits per heavy atom. The fraction of sp³-hybridized carbons (Fsp3) is 0.458. The Bertz CT molecular complexity index is 1290. The Morgan fingerprint density at radius 1 is 1.29 bits per heavy atom. The number of anilines is 3. The van der Waals surface area contributed by atoms with Crippen LogP contribution >= 0.6 is 11.3 Å². The summed E-state index contributed by atoms with van der Waals surface area (Å²) in [6.45, 7) is 3.63. The number of hydrogen-bond acceptors (Lipinski definition) is 10. The quantitative estimate of drug-likeness (QED) is 0.359. The molecule has 1 aliphatic carbocycles. The highest BCUT2D eigenvalue weighted by molar-refractivity contribution is 7.19. The number of aryl methyl sites for hydroxylation is 1. The second kappa shape index (κ2) is 8.90. The molecule has 0 radical (unpaired) electrons. The molecule has 6 rings (SSSR count). The van der Waals surface area contributed by atoms with Gasteiger partial charge in [-0.1, -0.05) is 0 Å². The minimum Gasteiger partial charge on any atom is -0.492 e. The first-order valence-electron chi connectivity index (χ1n) is 12.0. The van der Waals surface area contributed by atoms with Crippen molar-refractivity contribution in [1.82, 2.24) is 20.3 Å². The van der Waals surface area contributed by atoms with Gasteiger partial charge in [0.05, 0.1) is 35.6 Å². The van der Waals surface area contributed by atoms with E-state index in [4.69, 9.17) is 4.74 Å². The average Bonchev–Trinajstić information content (AvgIpc) is 3.55. The van der Waals surface area contributed by atoms with E-state index in [2.05, 4.69) is 32.2 Å². The fourth-order valence-electron chi connectivity index (χ4n) is 5.25. The lowest BCUT2D eigenvalue weighted by Gasteiger charge is -2.26. The molecule has 0 saturated carbocycles. The molecule has 1 aromatic carbocycles. The van der Waals surface area contributed by atoms with Crippen LogP contribution in [0.4, 0.5) is 17.2 Å². The molecule has 1 amide bonds. The summed E-state index contributed by atoms with van der Waals surface area (Å²) in [6, 6.07) is 4.07. The lowest BCUT2D eigenvalue weighted by Crippen LogP contribution is -2.37. The molecule has 0 bridgehead atoms. The number of fused-ring (bicyclic) bond motifs is 4. The van der Waals surface area contributed by atoms with E-state index in [0.29, 0.717) is 13.0 Å². The van der Waals surface area contributed by atoms with Gasteiger partial charge in [0.1, 0.15) is 22.7 Å². The number of nitrogens with zero attached hydrogens (tertiary/aromatic N) is 3. The maximum absolute atomic E-state index is 13.1. The van der Waals surface area contributed by atoms with Crippen LogP contribution in [-0.2, 0) is 24.2 Å². The molecule has 1 saturated heterocycles. The molecule has 1 fully saturated rings. The zero-order chi connectivity index (χ0) is 24.1. The van der Waals surface area contributed by atoms with Crippen molar-refractivity contribution in [3.8, 4) is 5.75 Å². The standard InChI is InChI=1S/C24H28N6O4S/c1-2-34-19-7-15-13(8-27-29-15)5-16(19)28-22-21-14-4-3-12(6-20(14)35-23(21)26-11-25-22)24(33)30-9-17(31)18(32)10-30/h5,7,11-12,17-18,27,29,31-32H,2-4,6,8-10H2,1H3,(H,25,26,28)/t12-,17+,18+/m0/s1. The number of β-amino-alcohol motifs (C(OH)–C–C–N with tert-alkyl or cyclic N) is 2. The number of benzene rings is 1. The molecule has 2 aromatic heterocycles. The number of aliphatic hydroxyl groups excluding tert-OH is 2. The summed E-state index contributed by atoms with van der Waals surface area (Å²) >= 11 is 1.61. The first kappa shape index (κ1) is 22.5. The molecule has 2 aliphatic heterocycles. The zero-order valence-electron chi connectivity index (χ0n) is 19.4. The Labute approximate surface area is 206 Å². The molecule has 35 heavy (non-hydrogen) atoms. The number of amides is 1. The summed E-state index contributed by atoms with van der Waals surface area (Å²) in [5.74, 6) is 1.34. The number of carbonyl (C=O) groups is 1. The summed E-state index contributed by atoms with van der Waals surface area (Å²) in [6.07, 6.45) is 1.95. The summed E-state index contributed by atoms with van der Waals surface area (Å²) in [4.78, 5) is 25.8. The number of hydrogen-bond donors (Lipinski definition) is 5. The van der Waals surface area contributed by atoms with Gasteiger partial charge in [0.25, 0.3) is 0 Å². The van der Waals surface area contributed by atoms with E-state index in [0.717, 1.165) is 63.0 Å². The number of rotatable bonds is 5. The van der Waals surface area contributed by atoms with Crippen molar-refractivity contribution in [3.63, 3.8) is 0 Å². The highest BCUT2D eigenvalue weighted by atomic mass is 32.1. The zero-order valence-corrected chi connectivity index (χ0v) is 20.2. The van der Waals surface area contributed by atoms with Crippen molar-refractivity contribution in [3.05, 3.63) is 34.5 Å². The maximum Gasteiger partial charge on any atom is 0.226 e. The molecule has 3 aliphatic rings. The molecule has 3 atom stereocenters. The predicted octanol–water partition coefficient (Wildman–Crippen LogP) is 1.93. The molecular formula is C24H28N6O4S. The molecule has 5 N–H and O–H groups in total. The maximum atomic E-state index is 13.1. The van der Waals surface area contributed by atoms with E-state index in [-0.39, 0.29) is 24.9 Å². The SMILES string of the molecule is CCOc1cc2c(cc1Nc1ncnc3sc4c(c13)CC[C@H](C(=O)N1C[C@@H](O)[C@H](O)C1)C4)CNN2. The predicted molar refractivity (Wildman–Crippen MR) is 133 cm³/mol. The van der Waals surface area contributed by atoms with Crippen molar-refractivity contribution in [2.75, 3.05) is 30.4 Å². The number of aromatic nitrogens is 2. The van der Waals surface area contributed by atoms with Crippen molar-refractivity contribution >= 4 is 44.7 Å². The number of thiophene rings is 1. The Hall–Kier alpha value is -2.99. The fourth-order valence-corrected chi connectivity index (χ4v) is 6.51. The Balaban J connectivity index is 1.29. The molecule has 4 heterocycles. The molecule has 0 unspecified atom stereocenters. The van der Waals surface area contributed by atoms with Gasteiger partial charge in [-0.3, -0.25) is 4.79 Å². The smallest absolute Gasteiger partial charge is 0.226 e. The first-order chi connectivity index (χ1) is 17.0. The summed E-state index contributed by atoms with van der Waals surface area (Å²) in [5.41, 5.74) is 10.5. The van der Waals surface area contributed by atoms with Gasteiger partial charge in [-0.25, -0.2) is 15.4 Å². The summed E-state index contributed by atoms with van der Waals surface area (Å²) in [7, 11) is 0. The van der Waals surface area contributed by atoms with Gasteiger partial charge in [0.15, 0.2) is 0 Å². The highest BCUT2D eigenvalue weighted by Gasteiger charge is 2.37. The van der Waals surface area contributed by atoms with Crippen LogP contribution in [-0.4, -0.2) is 62.9 Å². The molecular weight excluding hydrogens is 468 g/mol. The third-order valence-corrected chi connectivity index (χ3v) is 8.19. The number of nitrogens with one attached hydrogen (secondary N) is 3. The minimum absolute atomic E-state index is 0.00912. The van der Waals surface area contributed by atoms with Crippen LogP contribution in [0.15, 0.2) is 18.5 Å². The van der Waals surface area contributed by atoms with Crippen LogP contribution in [0.3, 0.4) is 0 Å². The summed E-state index contributed by atoms with van der Waals surface area (Å²) < 4.78 is 5.90. The molecule has 3 aromatic rings. The van der Waals surface area contributed by atoms with Gasteiger partial charge in [-0.2, -0.15) is 0 Å². The number of carbonyl (C=O) groups excluding carboxylic acids is 1. The Morgan fingerprint density at radius 2 is 2.11 bits per heavy atom. The van der Waals surface area contributed by atoms with Gasteiger partial charge in [-0.15, -0.1) is 11.3 Å². The topological polar surface area (TPSA) is 132 Å². The van der Waals surface area contributed by atoms with E-state index in [1.54, 1.807) is 22.6 Å². The van der Waals surface area contributed by atoms with Crippen molar-refractivity contribution in [1.29, 1.82) is 0 Å². The molecule has 10 nitrogen and oxygen atoms in total. The van der Waals surface area contributed by atoms with E-state index in [1.807, 2.05) is 13.0 Å². The van der Waals surface area contributed by atoms with Crippen molar-refractivity contribution in [2.24, 2.45) is 5.92 Å². The number of aliphatic hydroxyl groups is 2. The summed E-state index contributed by atoms with van der Waals surface area (Å²) in [5, 5.41) is 24.2. The minimum atomic E-state index is -0.862. The largest absolute Gasteiger partial charge is 0.492 e. The van der Waals surface area contributed by atoms with Crippen LogP contribution in [0.1, 0.15) is 29.3 Å². The average molecular weight is 497 g/mol. The van der Waals surface area contributed by atoms with Crippen LogP contribution in [0.2, 0.25) is 0 Å². The number of ether oxygens (including phenoxy) is 1. The van der Waals surface area contributed by atoms with E-state index in [1.165, 1.54) is 5.56 Å². The van der Waals surface area contributed by atoms with Crippen molar-refractivity contribution < 1.29 is 19.7 Å². The third kappa shape index (κ3) is 3.98. The van der Waals surface area contributed by atoms with Gasteiger partial charge >= 0.3 is 0 Å². The third-order valence-electron chi connectivity index (χ3n) is 7.03. The lowest BCUT2D eigenvalue weighted by molar-refractivity contribution is -0.135. The molecule has 184 valence electrons. The van der Waals surface area contributed by atoms with E-state index in [9.17, 15) is 15.0 Å². The number of likely N-dealkylation sites (tertiary alicyclic amines) is 1. The van der Waals surface area contributed by atoms with Gasteiger partial charge in [-0.05, 0) is 43.4 Å². The van der Waals surface area contributed by atoms with E-state index >= 15 is 0 Å². The van der Waals surface area contributed by atoms with Crippen LogP contribution in [0.5, 0.6) is 5.75 Å². The normalized spacial score (nSPS) is 23.2. The van der Waals surface area contributed by atoms with Crippen molar-refractivity contribution in [2.45, 2.75) is 44.9 Å². The highest BCUT2D eigenvalue weighted by Crippen LogP contribution is 2.42.